The number of rotatable bonds is 7. The third-order valence-corrected chi connectivity index (χ3v) is 4.40. The summed E-state index contributed by atoms with van der Waals surface area (Å²) in [7, 11) is 0. The molecule has 2 N–H and O–H groups in total. The highest BCUT2D eigenvalue weighted by Crippen LogP contribution is 2.45. The first kappa shape index (κ1) is 17.1. The van der Waals surface area contributed by atoms with Crippen LogP contribution in [0.15, 0.2) is 22.7 Å². The predicted molar refractivity (Wildman–Crippen MR) is 85.1 cm³/mol. The number of nitrogens with one attached hydrogen (secondary N) is 1. The molecule has 1 amide bonds. The molecule has 25 heavy (non-hydrogen) atoms. The number of amides is 1. The van der Waals surface area contributed by atoms with E-state index < -0.39 is 11.4 Å². The molecular formula is C17H18FN3O4. The Kier molecular flexibility index (Phi) is 4.52. The van der Waals surface area contributed by atoms with Crippen LogP contribution in [0, 0.1) is 18.2 Å². The molecule has 0 unspecified atom stereocenters. The molecule has 1 aliphatic rings. The van der Waals surface area contributed by atoms with Crippen molar-refractivity contribution in [2.24, 2.45) is 5.41 Å². The third-order valence-electron chi connectivity index (χ3n) is 4.40. The lowest BCUT2D eigenvalue weighted by Crippen LogP contribution is -2.34. The topological polar surface area (TPSA) is 105 Å². The normalized spacial score (nSPS) is 15.0. The van der Waals surface area contributed by atoms with Gasteiger partial charge in [0.25, 0.3) is 0 Å². The molecule has 0 spiro atoms. The number of nitrogens with zero attached hydrogens (tertiary/aromatic N) is 2. The van der Waals surface area contributed by atoms with E-state index in [9.17, 15) is 14.0 Å². The Labute approximate surface area is 143 Å². The fourth-order valence-electron chi connectivity index (χ4n) is 2.40. The summed E-state index contributed by atoms with van der Waals surface area (Å²) in [5.41, 5.74) is 0.238. The zero-order chi connectivity index (χ0) is 18.0. The zero-order valence-electron chi connectivity index (χ0n) is 13.7. The van der Waals surface area contributed by atoms with E-state index in [1.54, 1.807) is 19.1 Å². The molecule has 1 aromatic heterocycles. The van der Waals surface area contributed by atoms with Gasteiger partial charge in [0.05, 0.1) is 5.41 Å². The summed E-state index contributed by atoms with van der Waals surface area (Å²) in [6.07, 6.45) is 1.51. The first-order chi connectivity index (χ1) is 11.9. The minimum atomic E-state index is -0.875. The molecule has 0 saturated heterocycles. The molecule has 7 nitrogen and oxygen atoms in total. The highest BCUT2D eigenvalue weighted by atomic mass is 19.1. The second kappa shape index (κ2) is 6.62. The number of aliphatic carboxylic acids is 1. The number of aromatic nitrogens is 2. The van der Waals surface area contributed by atoms with E-state index >= 15 is 0 Å². The molecule has 1 aliphatic carbocycles. The van der Waals surface area contributed by atoms with Crippen molar-refractivity contribution in [3.8, 4) is 11.4 Å². The molecule has 132 valence electrons. The van der Waals surface area contributed by atoms with Gasteiger partial charge in [-0.25, -0.2) is 4.39 Å². The minimum absolute atomic E-state index is 0.111. The highest BCUT2D eigenvalue weighted by Gasteiger charge is 2.50. The van der Waals surface area contributed by atoms with E-state index in [0.717, 1.165) is 0 Å². The number of carbonyl (C=O) groups is 2. The molecule has 0 bridgehead atoms. The number of aryl methyl sites for hydroxylation is 2. The SMILES string of the molecule is Cc1ccc(-c2noc(CCC(=O)NCC3(C(=O)O)CC3)n2)cc1F. The van der Waals surface area contributed by atoms with Gasteiger partial charge in [-0.1, -0.05) is 17.3 Å². The Balaban J connectivity index is 1.52. The van der Waals surface area contributed by atoms with Crippen LogP contribution >= 0.6 is 0 Å². The summed E-state index contributed by atoms with van der Waals surface area (Å²) in [6.45, 7) is 1.80. The third kappa shape index (κ3) is 3.84. The van der Waals surface area contributed by atoms with Crippen molar-refractivity contribution in [1.29, 1.82) is 0 Å². The maximum absolute atomic E-state index is 13.6. The van der Waals surface area contributed by atoms with E-state index in [0.29, 0.717) is 24.0 Å². The zero-order valence-corrected chi connectivity index (χ0v) is 13.7. The number of carbonyl (C=O) groups excluding carboxylic acids is 1. The van der Waals surface area contributed by atoms with Crippen LogP contribution in [0.4, 0.5) is 4.39 Å². The minimum Gasteiger partial charge on any atom is -0.481 e. The molecule has 1 heterocycles. The van der Waals surface area contributed by atoms with E-state index in [-0.39, 0.29) is 42.8 Å². The summed E-state index contributed by atoms with van der Waals surface area (Å²) < 4.78 is 18.7. The van der Waals surface area contributed by atoms with Gasteiger partial charge in [-0.3, -0.25) is 9.59 Å². The Morgan fingerprint density at radius 2 is 2.16 bits per heavy atom. The number of hydrogen-bond donors (Lipinski definition) is 2. The Bertz CT molecular complexity index is 814. The lowest BCUT2D eigenvalue weighted by molar-refractivity contribution is -0.143. The van der Waals surface area contributed by atoms with Gasteiger partial charge in [0.2, 0.25) is 17.6 Å². The summed E-state index contributed by atoms with van der Waals surface area (Å²) in [5, 5.41) is 15.5. The number of carboxylic acids is 1. The molecule has 1 aromatic carbocycles. The molecule has 0 atom stereocenters. The van der Waals surface area contributed by atoms with Gasteiger partial charge < -0.3 is 14.9 Å². The molecule has 8 heteroatoms. The van der Waals surface area contributed by atoms with Crippen molar-refractivity contribution in [2.45, 2.75) is 32.6 Å². The number of halogens is 1. The van der Waals surface area contributed by atoms with Gasteiger partial charge in [-0.15, -0.1) is 0 Å². The second-order valence-corrected chi connectivity index (χ2v) is 6.34. The average Bonchev–Trinajstić information content (AvgIpc) is 3.24. The molecule has 0 radical (unpaired) electrons. The van der Waals surface area contributed by atoms with Crippen LogP contribution < -0.4 is 5.32 Å². The molecule has 1 saturated carbocycles. The van der Waals surface area contributed by atoms with Gasteiger partial charge in [-0.05, 0) is 31.4 Å². The summed E-state index contributed by atoms with van der Waals surface area (Å²) in [6, 6.07) is 4.66. The number of carboxylic acid groups (broad SMARTS) is 1. The van der Waals surface area contributed by atoms with Crippen LogP contribution in [-0.4, -0.2) is 33.7 Å². The van der Waals surface area contributed by atoms with Crippen molar-refractivity contribution in [1.82, 2.24) is 15.5 Å². The first-order valence-corrected chi connectivity index (χ1v) is 7.99. The molecule has 1 fully saturated rings. The fraction of sp³-hybridized carbons (Fsp3) is 0.412. The second-order valence-electron chi connectivity index (χ2n) is 6.34. The van der Waals surface area contributed by atoms with Gasteiger partial charge in [0.15, 0.2) is 0 Å². The summed E-state index contributed by atoms with van der Waals surface area (Å²) in [5.74, 6) is -0.966. The Hall–Kier alpha value is -2.77. The van der Waals surface area contributed by atoms with Crippen LogP contribution in [-0.2, 0) is 16.0 Å². The Morgan fingerprint density at radius 3 is 2.80 bits per heavy atom. The van der Waals surface area contributed by atoms with Crippen molar-refractivity contribution >= 4 is 11.9 Å². The fourth-order valence-corrected chi connectivity index (χ4v) is 2.40. The summed E-state index contributed by atoms with van der Waals surface area (Å²) in [4.78, 5) is 27.0. The van der Waals surface area contributed by atoms with Gasteiger partial charge in [0, 0.05) is 24.9 Å². The largest absolute Gasteiger partial charge is 0.481 e. The van der Waals surface area contributed by atoms with E-state index in [4.69, 9.17) is 9.63 Å². The lowest BCUT2D eigenvalue weighted by atomic mass is 10.1. The van der Waals surface area contributed by atoms with Crippen molar-refractivity contribution in [3.63, 3.8) is 0 Å². The van der Waals surface area contributed by atoms with Crippen LogP contribution in [0.5, 0.6) is 0 Å². The molecule has 3 rings (SSSR count). The van der Waals surface area contributed by atoms with E-state index in [1.165, 1.54) is 6.07 Å². The van der Waals surface area contributed by atoms with Gasteiger partial charge in [0.1, 0.15) is 5.82 Å². The highest BCUT2D eigenvalue weighted by molar-refractivity contribution is 5.81. The summed E-state index contributed by atoms with van der Waals surface area (Å²) >= 11 is 0. The van der Waals surface area contributed by atoms with Crippen LogP contribution in [0.25, 0.3) is 11.4 Å². The average molecular weight is 347 g/mol. The quantitative estimate of drug-likeness (QED) is 0.794. The lowest BCUT2D eigenvalue weighted by Gasteiger charge is -2.10. The Morgan fingerprint density at radius 1 is 1.40 bits per heavy atom. The predicted octanol–water partition coefficient (Wildman–Crippen LogP) is 2.10. The number of benzene rings is 1. The van der Waals surface area contributed by atoms with Crippen molar-refractivity contribution in [3.05, 3.63) is 35.5 Å². The van der Waals surface area contributed by atoms with Crippen molar-refractivity contribution in [2.75, 3.05) is 6.54 Å². The standard InChI is InChI=1S/C17H18FN3O4/c1-10-2-3-11(8-12(10)18)15-20-14(25-21-15)5-4-13(22)19-9-17(6-7-17)16(23)24/h2-3,8H,4-7,9H2,1H3,(H,19,22)(H,23,24). The molecule has 2 aromatic rings. The smallest absolute Gasteiger partial charge is 0.311 e. The van der Waals surface area contributed by atoms with E-state index in [1.807, 2.05) is 0 Å². The van der Waals surface area contributed by atoms with Crippen molar-refractivity contribution < 1.29 is 23.6 Å². The maximum Gasteiger partial charge on any atom is 0.311 e. The first-order valence-electron chi connectivity index (χ1n) is 7.99. The van der Waals surface area contributed by atoms with Gasteiger partial charge in [-0.2, -0.15) is 4.98 Å². The molecular weight excluding hydrogens is 329 g/mol. The van der Waals surface area contributed by atoms with Gasteiger partial charge >= 0.3 is 5.97 Å². The van der Waals surface area contributed by atoms with Crippen LogP contribution in [0.3, 0.4) is 0 Å². The van der Waals surface area contributed by atoms with Crippen LogP contribution in [0.2, 0.25) is 0 Å². The van der Waals surface area contributed by atoms with Crippen LogP contribution in [0.1, 0.15) is 30.7 Å². The maximum atomic E-state index is 13.6. The number of hydrogen-bond acceptors (Lipinski definition) is 5. The van der Waals surface area contributed by atoms with E-state index in [2.05, 4.69) is 15.5 Å². The molecule has 0 aliphatic heterocycles. The monoisotopic (exact) mass is 347 g/mol.